The van der Waals surface area contributed by atoms with E-state index in [4.69, 9.17) is 4.98 Å². The molecular weight excluding hydrogens is 210 g/mol. The fourth-order valence-corrected chi connectivity index (χ4v) is 2.76. The number of imidazole rings is 1. The highest BCUT2D eigenvalue weighted by molar-refractivity contribution is 5.79. The quantitative estimate of drug-likeness (QED) is 0.856. The fraction of sp³-hybridized carbons (Fsp3) is 0.500. The van der Waals surface area contributed by atoms with Crippen LogP contribution >= 0.6 is 0 Å². The minimum atomic E-state index is 0.756. The molecule has 2 heterocycles. The molecule has 1 unspecified atom stereocenters. The third-order valence-electron chi connectivity index (χ3n) is 3.77. The summed E-state index contributed by atoms with van der Waals surface area (Å²) >= 11 is 0. The van der Waals surface area contributed by atoms with Crippen molar-refractivity contribution in [2.45, 2.75) is 26.8 Å². The molecule has 1 saturated heterocycles. The van der Waals surface area contributed by atoms with Crippen LogP contribution in [-0.4, -0.2) is 22.6 Å². The third-order valence-corrected chi connectivity index (χ3v) is 3.77. The zero-order valence-electron chi connectivity index (χ0n) is 10.5. The topological polar surface area (TPSA) is 29.9 Å². The number of aryl methyl sites for hydroxylation is 2. The molecule has 1 aromatic carbocycles. The van der Waals surface area contributed by atoms with Crippen LogP contribution in [-0.2, 0) is 6.54 Å². The summed E-state index contributed by atoms with van der Waals surface area (Å²) in [5.41, 5.74) is 3.72. The molecule has 0 radical (unpaired) electrons. The molecule has 1 fully saturated rings. The first-order valence-corrected chi connectivity index (χ1v) is 6.39. The molecule has 1 N–H and O–H groups in total. The molecule has 0 amide bonds. The van der Waals surface area contributed by atoms with Gasteiger partial charge in [0.25, 0.3) is 0 Å². The molecule has 0 bridgehead atoms. The van der Waals surface area contributed by atoms with Gasteiger partial charge in [-0.2, -0.15) is 0 Å². The van der Waals surface area contributed by atoms with E-state index in [2.05, 4.69) is 41.9 Å². The summed E-state index contributed by atoms with van der Waals surface area (Å²) < 4.78 is 2.38. The molecule has 0 spiro atoms. The maximum Gasteiger partial charge on any atom is 0.106 e. The van der Waals surface area contributed by atoms with Crippen LogP contribution in [0.4, 0.5) is 0 Å². The van der Waals surface area contributed by atoms with Gasteiger partial charge in [0, 0.05) is 6.54 Å². The molecule has 1 aliphatic rings. The normalized spacial score (nSPS) is 20.2. The molecule has 1 atom stereocenters. The molecule has 3 nitrogen and oxygen atoms in total. The Morgan fingerprint density at radius 2 is 2.29 bits per heavy atom. The van der Waals surface area contributed by atoms with E-state index in [0.717, 1.165) is 36.9 Å². The lowest BCUT2D eigenvalue weighted by Crippen LogP contribution is -2.15. The first-order valence-electron chi connectivity index (χ1n) is 6.39. The SMILES string of the molecule is Cc1cccc2c1nc(C)n2CC1CCNC1. The average molecular weight is 229 g/mol. The van der Waals surface area contributed by atoms with Gasteiger partial charge in [0.2, 0.25) is 0 Å². The van der Waals surface area contributed by atoms with Gasteiger partial charge in [0.1, 0.15) is 5.82 Å². The van der Waals surface area contributed by atoms with Crippen molar-refractivity contribution in [3.05, 3.63) is 29.6 Å². The molecule has 0 saturated carbocycles. The number of benzene rings is 1. The zero-order chi connectivity index (χ0) is 11.8. The molecule has 90 valence electrons. The second kappa shape index (κ2) is 4.15. The summed E-state index contributed by atoms with van der Waals surface area (Å²) in [7, 11) is 0. The molecule has 17 heavy (non-hydrogen) atoms. The molecule has 1 aliphatic heterocycles. The largest absolute Gasteiger partial charge is 0.328 e. The minimum absolute atomic E-state index is 0.756. The number of hydrogen-bond acceptors (Lipinski definition) is 2. The van der Waals surface area contributed by atoms with Crippen LogP contribution in [0, 0.1) is 19.8 Å². The Hall–Kier alpha value is -1.35. The lowest BCUT2D eigenvalue weighted by Gasteiger charge is -2.12. The van der Waals surface area contributed by atoms with Crippen LogP contribution < -0.4 is 5.32 Å². The number of rotatable bonds is 2. The van der Waals surface area contributed by atoms with Crippen molar-refractivity contribution in [1.82, 2.24) is 14.9 Å². The van der Waals surface area contributed by atoms with Gasteiger partial charge >= 0.3 is 0 Å². The first kappa shape index (κ1) is 10.8. The summed E-state index contributed by atoms with van der Waals surface area (Å²) in [5, 5.41) is 3.43. The summed E-state index contributed by atoms with van der Waals surface area (Å²) in [6, 6.07) is 6.45. The Bertz CT molecular complexity index is 536. The highest BCUT2D eigenvalue weighted by Gasteiger charge is 2.17. The maximum absolute atomic E-state index is 4.70. The van der Waals surface area contributed by atoms with Crippen molar-refractivity contribution < 1.29 is 0 Å². The Kier molecular flexibility index (Phi) is 2.63. The second-order valence-corrected chi connectivity index (χ2v) is 5.07. The Morgan fingerprint density at radius 3 is 3.06 bits per heavy atom. The Labute approximate surface area is 102 Å². The Balaban J connectivity index is 2.02. The van der Waals surface area contributed by atoms with Crippen molar-refractivity contribution >= 4 is 11.0 Å². The van der Waals surface area contributed by atoms with Crippen LogP contribution in [0.3, 0.4) is 0 Å². The van der Waals surface area contributed by atoms with Crippen LogP contribution in [0.1, 0.15) is 17.8 Å². The van der Waals surface area contributed by atoms with Crippen molar-refractivity contribution in [3.8, 4) is 0 Å². The van der Waals surface area contributed by atoms with E-state index in [1.807, 2.05) is 0 Å². The van der Waals surface area contributed by atoms with Crippen LogP contribution in [0.2, 0.25) is 0 Å². The number of para-hydroxylation sites is 1. The smallest absolute Gasteiger partial charge is 0.106 e. The van der Waals surface area contributed by atoms with E-state index >= 15 is 0 Å². The van der Waals surface area contributed by atoms with E-state index < -0.39 is 0 Å². The van der Waals surface area contributed by atoms with Crippen molar-refractivity contribution in [3.63, 3.8) is 0 Å². The van der Waals surface area contributed by atoms with Gasteiger partial charge in [-0.3, -0.25) is 0 Å². The molecule has 1 aromatic heterocycles. The highest BCUT2D eigenvalue weighted by atomic mass is 15.1. The van der Waals surface area contributed by atoms with Gasteiger partial charge in [-0.05, 0) is 50.9 Å². The minimum Gasteiger partial charge on any atom is -0.328 e. The number of nitrogens with one attached hydrogen (secondary N) is 1. The average Bonchev–Trinajstić information content (AvgIpc) is 2.91. The van der Waals surface area contributed by atoms with Gasteiger partial charge in [0.15, 0.2) is 0 Å². The fourth-order valence-electron chi connectivity index (χ4n) is 2.76. The zero-order valence-corrected chi connectivity index (χ0v) is 10.5. The standard InChI is InChI=1S/C14H19N3/c1-10-4-3-5-13-14(10)16-11(2)17(13)9-12-6-7-15-8-12/h3-5,12,15H,6-9H2,1-2H3. The predicted octanol–water partition coefficient (Wildman–Crippen LogP) is 2.26. The monoisotopic (exact) mass is 229 g/mol. The summed E-state index contributed by atoms with van der Waals surface area (Å²) in [4.78, 5) is 4.70. The van der Waals surface area contributed by atoms with Crippen molar-refractivity contribution in [2.75, 3.05) is 13.1 Å². The van der Waals surface area contributed by atoms with Crippen LogP contribution in [0.15, 0.2) is 18.2 Å². The number of fused-ring (bicyclic) bond motifs is 1. The van der Waals surface area contributed by atoms with E-state index in [1.165, 1.54) is 17.5 Å². The molecule has 0 aliphatic carbocycles. The lowest BCUT2D eigenvalue weighted by atomic mass is 10.1. The number of hydrogen-bond donors (Lipinski definition) is 1. The number of nitrogens with zero attached hydrogens (tertiary/aromatic N) is 2. The van der Waals surface area contributed by atoms with E-state index in [1.54, 1.807) is 0 Å². The molecule has 3 rings (SSSR count). The predicted molar refractivity (Wildman–Crippen MR) is 70.2 cm³/mol. The van der Waals surface area contributed by atoms with Crippen LogP contribution in [0.5, 0.6) is 0 Å². The third kappa shape index (κ3) is 1.84. The van der Waals surface area contributed by atoms with Gasteiger partial charge < -0.3 is 9.88 Å². The molecule has 2 aromatic rings. The molecule has 3 heteroatoms. The maximum atomic E-state index is 4.70. The van der Waals surface area contributed by atoms with Crippen LogP contribution in [0.25, 0.3) is 11.0 Å². The second-order valence-electron chi connectivity index (χ2n) is 5.07. The van der Waals surface area contributed by atoms with Crippen molar-refractivity contribution in [1.29, 1.82) is 0 Å². The lowest BCUT2D eigenvalue weighted by molar-refractivity contribution is 0.482. The van der Waals surface area contributed by atoms with Gasteiger partial charge in [-0.15, -0.1) is 0 Å². The van der Waals surface area contributed by atoms with E-state index in [9.17, 15) is 0 Å². The molecular formula is C14H19N3. The van der Waals surface area contributed by atoms with Gasteiger partial charge in [-0.25, -0.2) is 4.98 Å². The van der Waals surface area contributed by atoms with E-state index in [-0.39, 0.29) is 0 Å². The Morgan fingerprint density at radius 1 is 1.41 bits per heavy atom. The van der Waals surface area contributed by atoms with Gasteiger partial charge in [0.05, 0.1) is 11.0 Å². The van der Waals surface area contributed by atoms with Crippen molar-refractivity contribution in [2.24, 2.45) is 5.92 Å². The summed E-state index contributed by atoms with van der Waals surface area (Å²) in [6.07, 6.45) is 1.28. The summed E-state index contributed by atoms with van der Waals surface area (Å²) in [6.45, 7) is 7.65. The number of aromatic nitrogens is 2. The first-order chi connectivity index (χ1) is 8.25. The highest BCUT2D eigenvalue weighted by Crippen LogP contribution is 2.22. The van der Waals surface area contributed by atoms with Gasteiger partial charge in [-0.1, -0.05) is 12.1 Å². The van der Waals surface area contributed by atoms with E-state index in [0.29, 0.717) is 0 Å². The summed E-state index contributed by atoms with van der Waals surface area (Å²) in [5.74, 6) is 1.90.